The van der Waals surface area contributed by atoms with Crippen molar-refractivity contribution in [2.75, 3.05) is 0 Å². The molecule has 0 unspecified atom stereocenters. The summed E-state index contributed by atoms with van der Waals surface area (Å²) in [6.07, 6.45) is 2.35. The zero-order chi connectivity index (χ0) is 10.7. The van der Waals surface area contributed by atoms with Crippen LogP contribution in [0, 0.1) is 5.82 Å². The molecule has 0 saturated heterocycles. The second-order valence-electron chi connectivity index (χ2n) is 3.75. The summed E-state index contributed by atoms with van der Waals surface area (Å²) in [5, 5.41) is 3.09. The maximum Gasteiger partial charge on any atom is 0.189 e. The molecule has 0 aliphatic heterocycles. The molecule has 3 N–H and O–H groups in total. The highest BCUT2D eigenvalue weighted by molar-refractivity contribution is 5.78. The summed E-state index contributed by atoms with van der Waals surface area (Å²) in [4.78, 5) is 4.17. The van der Waals surface area contributed by atoms with Gasteiger partial charge in [-0.1, -0.05) is 12.1 Å². The van der Waals surface area contributed by atoms with Crippen molar-refractivity contribution in [1.29, 1.82) is 0 Å². The Balaban J connectivity index is 1.87. The quantitative estimate of drug-likeness (QED) is 0.581. The van der Waals surface area contributed by atoms with E-state index in [-0.39, 0.29) is 5.82 Å². The number of hydrogen-bond donors (Lipinski definition) is 2. The number of benzene rings is 1. The Bertz CT molecular complexity index is 355. The summed E-state index contributed by atoms with van der Waals surface area (Å²) in [6, 6.07) is 6.79. The minimum absolute atomic E-state index is 0.230. The van der Waals surface area contributed by atoms with E-state index >= 15 is 0 Å². The van der Waals surface area contributed by atoms with Crippen LogP contribution in [0.1, 0.15) is 18.4 Å². The number of halogens is 1. The highest BCUT2D eigenvalue weighted by Gasteiger charge is 2.21. The van der Waals surface area contributed by atoms with Crippen molar-refractivity contribution in [2.24, 2.45) is 10.7 Å². The number of rotatable bonds is 3. The Morgan fingerprint density at radius 1 is 1.40 bits per heavy atom. The highest BCUT2D eigenvalue weighted by atomic mass is 19.1. The Morgan fingerprint density at radius 3 is 2.67 bits per heavy atom. The summed E-state index contributed by atoms with van der Waals surface area (Å²) in [6.45, 7) is 0.492. The zero-order valence-corrected chi connectivity index (χ0v) is 8.41. The van der Waals surface area contributed by atoms with Crippen LogP contribution in [0.4, 0.5) is 4.39 Å². The lowest BCUT2D eigenvalue weighted by atomic mass is 10.2. The van der Waals surface area contributed by atoms with E-state index in [4.69, 9.17) is 5.73 Å². The summed E-state index contributed by atoms with van der Waals surface area (Å²) in [5.41, 5.74) is 6.61. The van der Waals surface area contributed by atoms with Crippen LogP contribution >= 0.6 is 0 Å². The van der Waals surface area contributed by atoms with Crippen LogP contribution < -0.4 is 11.1 Å². The first kappa shape index (κ1) is 9.96. The molecular formula is C11H14FN3. The molecule has 1 aromatic rings. The molecule has 0 bridgehead atoms. The van der Waals surface area contributed by atoms with Crippen LogP contribution in [-0.4, -0.2) is 12.0 Å². The third-order valence-corrected chi connectivity index (χ3v) is 2.27. The average Bonchev–Trinajstić information content (AvgIpc) is 3.01. The number of guanidine groups is 1. The normalized spacial score (nSPS) is 16.5. The molecular weight excluding hydrogens is 193 g/mol. The fourth-order valence-corrected chi connectivity index (χ4v) is 1.25. The fraction of sp³-hybridized carbons (Fsp3) is 0.364. The fourth-order valence-electron chi connectivity index (χ4n) is 1.25. The van der Waals surface area contributed by atoms with Crippen molar-refractivity contribution in [1.82, 2.24) is 5.32 Å². The van der Waals surface area contributed by atoms with Gasteiger partial charge in [0, 0.05) is 6.04 Å². The summed E-state index contributed by atoms with van der Waals surface area (Å²) < 4.78 is 12.6. The zero-order valence-electron chi connectivity index (χ0n) is 8.41. The number of aliphatic imine (C=N–C) groups is 1. The van der Waals surface area contributed by atoms with E-state index in [0.717, 1.165) is 5.56 Å². The first-order valence-corrected chi connectivity index (χ1v) is 5.05. The molecule has 0 heterocycles. The van der Waals surface area contributed by atoms with Crippen LogP contribution in [-0.2, 0) is 6.54 Å². The van der Waals surface area contributed by atoms with Gasteiger partial charge in [0.2, 0.25) is 0 Å². The van der Waals surface area contributed by atoms with Crippen molar-refractivity contribution < 1.29 is 4.39 Å². The van der Waals surface area contributed by atoms with Gasteiger partial charge < -0.3 is 11.1 Å². The van der Waals surface area contributed by atoms with Gasteiger partial charge in [0.05, 0.1) is 6.54 Å². The predicted octanol–water partition coefficient (Wildman–Crippen LogP) is 1.39. The monoisotopic (exact) mass is 207 g/mol. The lowest BCUT2D eigenvalue weighted by Gasteiger charge is -2.02. The lowest BCUT2D eigenvalue weighted by molar-refractivity contribution is 0.627. The molecule has 80 valence electrons. The van der Waals surface area contributed by atoms with Crippen molar-refractivity contribution in [2.45, 2.75) is 25.4 Å². The van der Waals surface area contributed by atoms with Crippen LogP contribution in [0.3, 0.4) is 0 Å². The summed E-state index contributed by atoms with van der Waals surface area (Å²) >= 11 is 0. The van der Waals surface area contributed by atoms with Gasteiger partial charge in [-0.05, 0) is 30.5 Å². The first-order valence-electron chi connectivity index (χ1n) is 5.05. The average molecular weight is 207 g/mol. The molecule has 1 saturated carbocycles. The van der Waals surface area contributed by atoms with Crippen LogP contribution in [0.25, 0.3) is 0 Å². The van der Waals surface area contributed by atoms with Gasteiger partial charge in [0.15, 0.2) is 5.96 Å². The maximum atomic E-state index is 12.6. The Labute approximate surface area is 88.2 Å². The molecule has 0 spiro atoms. The number of nitrogens with zero attached hydrogens (tertiary/aromatic N) is 1. The van der Waals surface area contributed by atoms with Crippen molar-refractivity contribution in [3.8, 4) is 0 Å². The van der Waals surface area contributed by atoms with Gasteiger partial charge in [-0.15, -0.1) is 0 Å². The van der Waals surface area contributed by atoms with E-state index in [2.05, 4.69) is 10.3 Å². The lowest BCUT2D eigenvalue weighted by Crippen LogP contribution is -2.33. The number of nitrogens with one attached hydrogen (secondary N) is 1. The molecule has 1 aliphatic rings. The number of nitrogens with two attached hydrogens (primary N) is 1. The molecule has 0 atom stereocenters. The van der Waals surface area contributed by atoms with Gasteiger partial charge in [-0.25, -0.2) is 9.38 Å². The molecule has 2 rings (SSSR count). The first-order chi connectivity index (χ1) is 7.24. The molecule has 4 heteroatoms. The van der Waals surface area contributed by atoms with E-state index in [1.165, 1.54) is 25.0 Å². The second kappa shape index (κ2) is 4.29. The molecule has 15 heavy (non-hydrogen) atoms. The van der Waals surface area contributed by atoms with Crippen LogP contribution in [0.15, 0.2) is 29.3 Å². The smallest absolute Gasteiger partial charge is 0.189 e. The highest BCUT2D eigenvalue weighted by Crippen LogP contribution is 2.18. The summed E-state index contributed by atoms with van der Waals surface area (Å²) in [5.74, 6) is 0.244. The molecule has 0 amide bonds. The molecule has 1 aromatic carbocycles. The van der Waals surface area contributed by atoms with E-state index in [0.29, 0.717) is 18.5 Å². The van der Waals surface area contributed by atoms with E-state index in [1.807, 2.05) is 0 Å². The van der Waals surface area contributed by atoms with Gasteiger partial charge in [0.1, 0.15) is 5.82 Å². The van der Waals surface area contributed by atoms with Crippen molar-refractivity contribution in [3.63, 3.8) is 0 Å². The van der Waals surface area contributed by atoms with Gasteiger partial charge in [-0.2, -0.15) is 0 Å². The van der Waals surface area contributed by atoms with Gasteiger partial charge in [0.25, 0.3) is 0 Å². The van der Waals surface area contributed by atoms with E-state index in [1.54, 1.807) is 12.1 Å². The number of hydrogen-bond acceptors (Lipinski definition) is 1. The predicted molar refractivity (Wildman–Crippen MR) is 57.9 cm³/mol. The summed E-state index contributed by atoms with van der Waals surface area (Å²) in [7, 11) is 0. The molecule has 0 radical (unpaired) electrons. The van der Waals surface area contributed by atoms with Crippen LogP contribution in [0.2, 0.25) is 0 Å². The topological polar surface area (TPSA) is 50.4 Å². The maximum absolute atomic E-state index is 12.6. The third-order valence-electron chi connectivity index (χ3n) is 2.27. The molecule has 0 aromatic heterocycles. The van der Waals surface area contributed by atoms with Gasteiger partial charge >= 0.3 is 0 Å². The SMILES string of the molecule is NC(=NCc1ccc(F)cc1)NC1CC1. The van der Waals surface area contributed by atoms with Gasteiger partial charge in [-0.3, -0.25) is 0 Å². The Morgan fingerprint density at radius 2 is 2.07 bits per heavy atom. The van der Waals surface area contributed by atoms with E-state index in [9.17, 15) is 4.39 Å². The van der Waals surface area contributed by atoms with Crippen LogP contribution in [0.5, 0.6) is 0 Å². The second-order valence-corrected chi connectivity index (χ2v) is 3.75. The minimum atomic E-state index is -0.230. The van der Waals surface area contributed by atoms with Crippen molar-refractivity contribution >= 4 is 5.96 Å². The van der Waals surface area contributed by atoms with Crippen molar-refractivity contribution in [3.05, 3.63) is 35.6 Å². The largest absolute Gasteiger partial charge is 0.370 e. The molecule has 1 fully saturated rings. The molecule has 3 nitrogen and oxygen atoms in total. The molecule has 1 aliphatic carbocycles. The third kappa shape index (κ3) is 3.23. The standard InChI is InChI=1S/C11H14FN3/c12-9-3-1-8(2-4-9)7-14-11(13)15-10-5-6-10/h1-4,10H,5-7H2,(H3,13,14,15). The Hall–Kier alpha value is -1.58. The Kier molecular flexibility index (Phi) is 2.85. The minimum Gasteiger partial charge on any atom is -0.370 e. The van der Waals surface area contributed by atoms with E-state index < -0.39 is 0 Å².